The van der Waals surface area contributed by atoms with Crippen molar-refractivity contribution in [3.05, 3.63) is 12.2 Å². The van der Waals surface area contributed by atoms with E-state index in [1.165, 1.54) is 10.9 Å². The van der Waals surface area contributed by atoms with Crippen LogP contribution in [0.15, 0.2) is 6.33 Å². The van der Waals surface area contributed by atoms with Gasteiger partial charge in [0.15, 0.2) is 23.8 Å². The number of aromatic nitrogens is 4. The number of likely N-dealkylation sites (N-methyl/N-ethyl adjacent to an activating group) is 1. The van der Waals surface area contributed by atoms with Gasteiger partial charge in [-0.3, -0.25) is 14.2 Å². The molecule has 0 spiro atoms. The first-order valence-electron chi connectivity index (χ1n) is 14.6. The molecule has 3 saturated heterocycles. The zero-order valence-corrected chi connectivity index (χ0v) is 24.2. The fraction of sp³-hybridized carbons (Fsp3) is 0.704. The lowest BCUT2D eigenvalue weighted by Gasteiger charge is -2.32. The van der Waals surface area contributed by atoms with Crippen molar-refractivity contribution in [2.75, 3.05) is 32.4 Å². The second kappa shape index (κ2) is 12.4. The third-order valence-corrected chi connectivity index (χ3v) is 8.49. The summed E-state index contributed by atoms with van der Waals surface area (Å²) in [5, 5.41) is 24.1. The Morgan fingerprint density at radius 3 is 2.64 bits per heavy atom. The summed E-state index contributed by atoms with van der Waals surface area (Å²) in [6, 6.07) is -0.110. The van der Waals surface area contributed by atoms with E-state index in [4.69, 9.17) is 15.2 Å². The van der Waals surface area contributed by atoms with E-state index in [-0.39, 0.29) is 30.3 Å². The van der Waals surface area contributed by atoms with Gasteiger partial charge in [0, 0.05) is 32.6 Å². The summed E-state index contributed by atoms with van der Waals surface area (Å²) in [6.07, 6.45) is -0.676. The van der Waals surface area contributed by atoms with Crippen LogP contribution in [0.25, 0.3) is 11.2 Å². The Morgan fingerprint density at radius 1 is 1.24 bits per heavy atom. The average molecular weight is 589 g/mol. The van der Waals surface area contributed by atoms with Crippen molar-refractivity contribution in [2.24, 2.45) is 5.92 Å². The number of aryl methyl sites for hydroxylation is 1. The number of rotatable bonds is 8. The first kappa shape index (κ1) is 29.9. The molecule has 0 aromatic carbocycles. The van der Waals surface area contributed by atoms with Gasteiger partial charge < -0.3 is 40.5 Å². The summed E-state index contributed by atoms with van der Waals surface area (Å²) >= 11 is 0. The highest BCUT2D eigenvalue weighted by molar-refractivity contribution is 5.83. The number of fused-ring (bicyclic) bond motifs is 1. The molecule has 3 aliphatic heterocycles. The van der Waals surface area contributed by atoms with Crippen LogP contribution < -0.4 is 11.1 Å². The number of imidazole rings is 1. The second-order valence-electron chi connectivity index (χ2n) is 11.5. The molecule has 0 aliphatic carbocycles. The quantitative estimate of drug-likeness (QED) is 0.323. The van der Waals surface area contributed by atoms with E-state index in [9.17, 15) is 24.6 Å². The number of nitrogens with two attached hydrogens (primary N) is 1. The third kappa shape index (κ3) is 6.13. The van der Waals surface area contributed by atoms with Gasteiger partial charge in [0.25, 0.3) is 5.91 Å². The fourth-order valence-corrected chi connectivity index (χ4v) is 5.67. The number of carbonyl (C=O) groups excluding carboxylic acids is 3. The lowest BCUT2D eigenvalue weighted by molar-refractivity contribution is -0.138. The molecule has 6 atom stereocenters. The number of ether oxygens (including phenoxy) is 2. The van der Waals surface area contributed by atoms with E-state index in [2.05, 4.69) is 20.3 Å². The van der Waals surface area contributed by atoms with Crippen LogP contribution in [0.4, 0.5) is 10.6 Å². The first-order chi connectivity index (χ1) is 20.0. The number of anilines is 1. The molecule has 2 aromatic heterocycles. The Kier molecular flexibility index (Phi) is 8.80. The lowest BCUT2D eigenvalue weighted by atomic mass is 9.92. The number of piperidine rings is 1. The molecule has 0 bridgehead atoms. The van der Waals surface area contributed by atoms with Crippen molar-refractivity contribution in [2.45, 2.75) is 89.1 Å². The first-order valence-corrected chi connectivity index (χ1v) is 14.6. The van der Waals surface area contributed by atoms with Gasteiger partial charge in [0.1, 0.15) is 29.7 Å². The molecule has 42 heavy (non-hydrogen) atoms. The fourth-order valence-electron chi connectivity index (χ4n) is 5.67. The summed E-state index contributed by atoms with van der Waals surface area (Å²) in [5.41, 5.74) is 6.87. The van der Waals surface area contributed by atoms with Crippen LogP contribution in [0.2, 0.25) is 0 Å². The highest BCUT2D eigenvalue weighted by atomic mass is 16.6. The maximum atomic E-state index is 12.6. The van der Waals surface area contributed by atoms with Crippen molar-refractivity contribution in [1.82, 2.24) is 34.6 Å². The van der Waals surface area contributed by atoms with Crippen LogP contribution >= 0.6 is 0 Å². The molecule has 15 heteroatoms. The zero-order chi connectivity index (χ0) is 30.1. The number of carbonyl (C=O) groups is 3. The van der Waals surface area contributed by atoms with Crippen LogP contribution in [0.5, 0.6) is 0 Å². The maximum absolute atomic E-state index is 12.6. The standard InChI is InChI=1S/C27H40N8O7/c1-4-14(2)30-25(39)22-20(37)21(38)26(42-22)35-13-29-19-23(28)31-17(32-24(19)35)6-5-15-7-9-34(10-8-15)27(40)41-16-11-18(36)33(3)12-16/h13-16,20-22,26,37-38H,4-12H2,1-3H3,(H,30,39)(H2,28,31,32)/t14?,16?,20?,21?,22-,26+/m0/s1. The molecule has 5 rings (SSSR count). The minimum atomic E-state index is -1.43. The number of hydrogen-bond donors (Lipinski definition) is 4. The van der Waals surface area contributed by atoms with Crippen molar-refractivity contribution >= 4 is 34.9 Å². The van der Waals surface area contributed by atoms with Gasteiger partial charge >= 0.3 is 6.09 Å². The van der Waals surface area contributed by atoms with Gasteiger partial charge in [-0.1, -0.05) is 6.92 Å². The molecule has 2 aromatic rings. The van der Waals surface area contributed by atoms with Crippen LogP contribution in [0, 0.1) is 5.92 Å². The van der Waals surface area contributed by atoms with E-state index in [0.29, 0.717) is 55.4 Å². The van der Waals surface area contributed by atoms with Gasteiger partial charge in [0.05, 0.1) is 19.3 Å². The lowest BCUT2D eigenvalue weighted by Crippen LogP contribution is -2.45. The molecule has 0 radical (unpaired) electrons. The molecule has 4 unspecified atom stereocenters. The molecule has 5 N–H and O–H groups in total. The van der Waals surface area contributed by atoms with Gasteiger partial charge in [0.2, 0.25) is 5.91 Å². The number of nitrogens with zero attached hydrogens (tertiary/aromatic N) is 6. The Bertz CT molecular complexity index is 1310. The minimum Gasteiger partial charge on any atom is -0.444 e. The molecule has 3 fully saturated rings. The second-order valence-corrected chi connectivity index (χ2v) is 11.5. The molecule has 0 saturated carbocycles. The zero-order valence-electron chi connectivity index (χ0n) is 24.2. The van der Waals surface area contributed by atoms with E-state index in [1.807, 2.05) is 13.8 Å². The van der Waals surface area contributed by atoms with Crippen LogP contribution in [-0.2, 0) is 25.5 Å². The summed E-state index contributed by atoms with van der Waals surface area (Å²) in [4.78, 5) is 53.5. The Morgan fingerprint density at radius 2 is 1.98 bits per heavy atom. The number of aliphatic hydroxyl groups excluding tert-OH is 2. The number of likely N-dealkylation sites (tertiary alicyclic amines) is 2. The average Bonchev–Trinajstić information content (AvgIpc) is 3.62. The number of nitrogen functional groups attached to an aromatic ring is 1. The van der Waals surface area contributed by atoms with Crippen molar-refractivity contribution < 1.29 is 34.1 Å². The van der Waals surface area contributed by atoms with Crippen molar-refractivity contribution in [3.63, 3.8) is 0 Å². The highest BCUT2D eigenvalue weighted by Gasteiger charge is 2.48. The Balaban J connectivity index is 1.19. The predicted molar refractivity (Wildman–Crippen MR) is 149 cm³/mol. The number of aliphatic hydroxyl groups is 2. The van der Waals surface area contributed by atoms with E-state index < -0.39 is 36.6 Å². The topological polar surface area (TPSA) is 198 Å². The number of amides is 3. The molecule has 230 valence electrons. The number of hydrogen-bond acceptors (Lipinski definition) is 11. The summed E-state index contributed by atoms with van der Waals surface area (Å²) in [5.74, 6) is 0.504. The van der Waals surface area contributed by atoms with E-state index in [1.54, 1.807) is 16.8 Å². The SMILES string of the molecule is CCC(C)NC(=O)[C@H]1O[C@@H](n2cnc3c(N)nc(CCC4CCN(C(=O)OC5CC(=O)N(C)C5)CC4)nc32)C(O)C1O. The van der Waals surface area contributed by atoms with Crippen molar-refractivity contribution in [3.8, 4) is 0 Å². The largest absolute Gasteiger partial charge is 0.444 e. The summed E-state index contributed by atoms with van der Waals surface area (Å²) in [7, 11) is 1.70. The minimum absolute atomic E-state index is 0.0196. The third-order valence-electron chi connectivity index (χ3n) is 8.49. The predicted octanol–water partition coefficient (Wildman–Crippen LogP) is -0.0457. The maximum Gasteiger partial charge on any atom is 0.410 e. The Labute approximate surface area is 243 Å². The van der Waals surface area contributed by atoms with E-state index >= 15 is 0 Å². The summed E-state index contributed by atoms with van der Waals surface area (Å²) in [6.45, 7) is 5.33. The molecule has 3 amide bonds. The monoisotopic (exact) mass is 588 g/mol. The highest BCUT2D eigenvalue weighted by Crippen LogP contribution is 2.33. The molecule has 3 aliphatic rings. The molecule has 15 nitrogen and oxygen atoms in total. The summed E-state index contributed by atoms with van der Waals surface area (Å²) < 4.78 is 12.8. The van der Waals surface area contributed by atoms with Gasteiger partial charge in [-0.2, -0.15) is 0 Å². The van der Waals surface area contributed by atoms with Gasteiger partial charge in [-0.05, 0) is 38.5 Å². The van der Waals surface area contributed by atoms with E-state index in [0.717, 1.165) is 19.3 Å². The number of nitrogens with one attached hydrogen (secondary N) is 1. The smallest absolute Gasteiger partial charge is 0.410 e. The van der Waals surface area contributed by atoms with Gasteiger partial charge in [-0.15, -0.1) is 0 Å². The molecule has 5 heterocycles. The molecular formula is C27H40N8O7. The Hall–Kier alpha value is -3.56. The van der Waals surface area contributed by atoms with Crippen LogP contribution in [0.3, 0.4) is 0 Å². The normalized spacial score (nSPS) is 27.5. The molecular weight excluding hydrogens is 548 g/mol. The van der Waals surface area contributed by atoms with Crippen LogP contribution in [-0.4, -0.2) is 115 Å². The van der Waals surface area contributed by atoms with Gasteiger partial charge in [-0.25, -0.2) is 19.7 Å². The van der Waals surface area contributed by atoms with Crippen molar-refractivity contribution in [1.29, 1.82) is 0 Å². The van der Waals surface area contributed by atoms with Crippen LogP contribution in [0.1, 0.15) is 58.0 Å².